The minimum atomic E-state index is -0.189. The van der Waals surface area contributed by atoms with E-state index in [1.54, 1.807) is 24.4 Å². The average Bonchev–Trinajstić information content (AvgIpc) is 2.23. The molecule has 2 nitrogen and oxygen atoms in total. The summed E-state index contributed by atoms with van der Waals surface area (Å²) in [5, 5.41) is 0. The molecule has 2 aromatic rings. The number of benzene rings is 1. The zero-order valence-corrected chi connectivity index (χ0v) is 7.52. The molecule has 0 atom stereocenters. The molecule has 0 aliphatic rings. The van der Waals surface area contributed by atoms with Crippen LogP contribution in [0.5, 0.6) is 0 Å². The highest BCUT2D eigenvalue weighted by atomic mass is 19.1. The van der Waals surface area contributed by atoms with Crippen molar-refractivity contribution < 1.29 is 4.39 Å². The van der Waals surface area contributed by atoms with Gasteiger partial charge in [0, 0.05) is 18.3 Å². The summed E-state index contributed by atoms with van der Waals surface area (Å²) >= 11 is 0. The SMILES string of the molecule is Fc1ccccc1Cc1ccncn1. The van der Waals surface area contributed by atoms with Gasteiger partial charge in [-0.05, 0) is 17.7 Å². The Bertz CT molecular complexity index is 415. The average molecular weight is 188 g/mol. The molecule has 1 aromatic heterocycles. The van der Waals surface area contributed by atoms with Gasteiger partial charge in [-0.15, -0.1) is 0 Å². The molecule has 1 aromatic carbocycles. The zero-order chi connectivity index (χ0) is 9.80. The van der Waals surface area contributed by atoms with Crippen molar-refractivity contribution in [3.8, 4) is 0 Å². The van der Waals surface area contributed by atoms with E-state index in [0.29, 0.717) is 12.0 Å². The van der Waals surface area contributed by atoms with E-state index in [1.807, 2.05) is 6.07 Å². The molecule has 0 N–H and O–H groups in total. The summed E-state index contributed by atoms with van der Waals surface area (Å²) in [6, 6.07) is 8.50. The van der Waals surface area contributed by atoms with Crippen LogP contribution in [-0.2, 0) is 6.42 Å². The first kappa shape index (κ1) is 8.81. The van der Waals surface area contributed by atoms with Crippen molar-refractivity contribution in [3.63, 3.8) is 0 Å². The quantitative estimate of drug-likeness (QED) is 0.722. The molecule has 0 saturated carbocycles. The lowest BCUT2D eigenvalue weighted by Gasteiger charge is -2.01. The summed E-state index contributed by atoms with van der Waals surface area (Å²) in [6.07, 6.45) is 3.63. The van der Waals surface area contributed by atoms with Gasteiger partial charge in [-0.2, -0.15) is 0 Å². The molecule has 0 fully saturated rings. The predicted molar refractivity (Wildman–Crippen MR) is 51.2 cm³/mol. The minimum Gasteiger partial charge on any atom is -0.245 e. The molecule has 1 heterocycles. The van der Waals surface area contributed by atoms with Crippen molar-refractivity contribution in [2.75, 3.05) is 0 Å². The van der Waals surface area contributed by atoms with E-state index in [-0.39, 0.29) is 5.82 Å². The van der Waals surface area contributed by atoms with Crippen LogP contribution in [0.15, 0.2) is 42.9 Å². The van der Waals surface area contributed by atoms with E-state index in [2.05, 4.69) is 9.97 Å². The lowest BCUT2D eigenvalue weighted by Crippen LogP contribution is -1.94. The van der Waals surface area contributed by atoms with Crippen LogP contribution in [0.2, 0.25) is 0 Å². The van der Waals surface area contributed by atoms with Crippen LogP contribution in [0.1, 0.15) is 11.3 Å². The molecular weight excluding hydrogens is 179 g/mol. The summed E-state index contributed by atoms with van der Waals surface area (Å²) < 4.78 is 13.2. The Morgan fingerprint density at radius 2 is 2.00 bits per heavy atom. The van der Waals surface area contributed by atoms with Gasteiger partial charge in [-0.3, -0.25) is 0 Å². The van der Waals surface area contributed by atoms with E-state index in [9.17, 15) is 4.39 Å². The largest absolute Gasteiger partial charge is 0.245 e. The molecule has 0 amide bonds. The van der Waals surface area contributed by atoms with E-state index in [0.717, 1.165) is 5.69 Å². The predicted octanol–water partition coefficient (Wildman–Crippen LogP) is 2.21. The van der Waals surface area contributed by atoms with Crippen molar-refractivity contribution in [2.45, 2.75) is 6.42 Å². The highest BCUT2D eigenvalue weighted by Gasteiger charge is 2.01. The fourth-order valence-corrected chi connectivity index (χ4v) is 1.26. The smallest absolute Gasteiger partial charge is 0.126 e. The van der Waals surface area contributed by atoms with E-state index >= 15 is 0 Å². The van der Waals surface area contributed by atoms with E-state index < -0.39 is 0 Å². The molecule has 0 spiro atoms. The topological polar surface area (TPSA) is 25.8 Å². The first-order chi connectivity index (χ1) is 6.86. The Labute approximate surface area is 81.5 Å². The van der Waals surface area contributed by atoms with Crippen molar-refractivity contribution in [2.24, 2.45) is 0 Å². The maximum Gasteiger partial charge on any atom is 0.126 e. The van der Waals surface area contributed by atoms with Gasteiger partial charge in [0.2, 0.25) is 0 Å². The Morgan fingerprint density at radius 1 is 1.14 bits per heavy atom. The molecule has 0 aliphatic heterocycles. The normalized spacial score (nSPS) is 10.1. The Kier molecular flexibility index (Phi) is 2.49. The van der Waals surface area contributed by atoms with Crippen LogP contribution in [0, 0.1) is 5.82 Å². The number of rotatable bonds is 2. The van der Waals surface area contributed by atoms with Crippen LogP contribution in [-0.4, -0.2) is 9.97 Å². The number of aromatic nitrogens is 2. The zero-order valence-electron chi connectivity index (χ0n) is 7.52. The second-order valence-electron chi connectivity index (χ2n) is 2.97. The van der Waals surface area contributed by atoms with Gasteiger partial charge in [-0.1, -0.05) is 18.2 Å². The molecule has 70 valence electrons. The third kappa shape index (κ3) is 1.93. The summed E-state index contributed by atoms with van der Waals surface area (Å²) in [6.45, 7) is 0. The maximum absolute atomic E-state index is 13.2. The molecular formula is C11H9FN2. The monoisotopic (exact) mass is 188 g/mol. The molecule has 0 aliphatic carbocycles. The van der Waals surface area contributed by atoms with Crippen LogP contribution < -0.4 is 0 Å². The molecule has 0 unspecified atom stereocenters. The summed E-state index contributed by atoms with van der Waals surface area (Å²) in [5.41, 5.74) is 1.48. The summed E-state index contributed by atoms with van der Waals surface area (Å²) in [4.78, 5) is 7.84. The van der Waals surface area contributed by atoms with Gasteiger partial charge < -0.3 is 0 Å². The highest BCUT2D eigenvalue weighted by molar-refractivity contribution is 5.22. The first-order valence-corrected chi connectivity index (χ1v) is 4.34. The van der Waals surface area contributed by atoms with Crippen molar-refractivity contribution >= 4 is 0 Å². The van der Waals surface area contributed by atoms with Gasteiger partial charge in [0.1, 0.15) is 12.1 Å². The lowest BCUT2D eigenvalue weighted by atomic mass is 10.1. The second-order valence-corrected chi connectivity index (χ2v) is 2.97. The third-order valence-corrected chi connectivity index (χ3v) is 1.97. The van der Waals surface area contributed by atoms with Gasteiger partial charge in [0.25, 0.3) is 0 Å². The van der Waals surface area contributed by atoms with Crippen LogP contribution >= 0.6 is 0 Å². The molecule has 3 heteroatoms. The minimum absolute atomic E-state index is 0.189. The number of hydrogen-bond donors (Lipinski definition) is 0. The van der Waals surface area contributed by atoms with Gasteiger partial charge in [-0.25, -0.2) is 14.4 Å². The van der Waals surface area contributed by atoms with Gasteiger partial charge in [0.05, 0.1) is 0 Å². The van der Waals surface area contributed by atoms with Crippen molar-refractivity contribution in [1.29, 1.82) is 0 Å². The number of nitrogens with zero attached hydrogens (tertiary/aromatic N) is 2. The molecule has 2 rings (SSSR count). The molecule has 0 bridgehead atoms. The van der Waals surface area contributed by atoms with E-state index in [4.69, 9.17) is 0 Å². The maximum atomic E-state index is 13.2. The van der Waals surface area contributed by atoms with Crippen LogP contribution in [0.4, 0.5) is 4.39 Å². The second kappa shape index (κ2) is 3.96. The van der Waals surface area contributed by atoms with Crippen LogP contribution in [0.25, 0.3) is 0 Å². The lowest BCUT2D eigenvalue weighted by molar-refractivity contribution is 0.613. The molecule has 14 heavy (non-hydrogen) atoms. The fraction of sp³-hybridized carbons (Fsp3) is 0.0909. The van der Waals surface area contributed by atoms with Gasteiger partial charge in [0.15, 0.2) is 0 Å². The van der Waals surface area contributed by atoms with E-state index in [1.165, 1.54) is 12.4 Å². The third-order valence-electron chi connectivity index (χ3n) is 1.97. The van der Waals surface area contributed by atoms with Crippen LogP contribution in [0.3, 0.4) is 0 Å². The Hall–Kier alpha value is -1.77. The van der Waals surface area contributed by atoms with Crippen molar-refractivity contribution in [3.05, 3.63) is 59.9 Å². The summed E-state index contributed by atoms with van der Waals surface area (Å²) in [5.74, 6) is -0.189. The molecule has 0 radical (unpaired) electrons. The Morgan fingerprint density at radius 3 is 2.71 bits per heavy atom. The fourth-order valence-electron chi connectivity index (χ4n) is 1.26. The Balaban J connectivity index is 2.24. The standard InChI is InChI=1S/C11H9FN2/c12-11-4-2-1-3-9(11)7-10-5-6-13-8-14-10/h1-6,8H,7H2. The first-order valence-electron chi connectivity index (χ1n) is 4.34. The number of hydrogen-bond acceptors (Lipinski definition) is 2. The summed E-state index contributed by atoms with van der Waals surface area (Å²) in [7, 11) is 0. The molecule has 0 saturated heterocycles. The highest BCUT2D eigenvalue weighted by Crippen LogP contribution is 2.10. The van der Waals surface area contributed by atoms with Gasteiger partial charge >= 0.3 is 0 Å². The van der Waals surface area contributed by atoms with Crippen molar-refractivity contribution in [1.82, 2.24) is 9.97 Å². The number of halogens is 1.